The van der Waals surface area contributed by atoms with Gasteiger partial charge in [-0.25, -0.2) is 4.98 Å². The number of hydrogen-bond donors (Lipinski definition) is 1. The fourth-order valence-electron chi connectivity index (χ4n) is 3.44. The third-order valence-corrected chi connectivity index (χ3v) is 5.13. The molecule has 3 heteroatoms. The van der Waals surface area contributed by atoms with Gasteiger partial charge in [0.15, 0.2) is 0 Å². The summed E-state index contributed by atoms with van der Waals surface area (Å²) in [6.45, 7) is 7.08. The molecule has 0 unspecified atom stereocenters. The first-order valence-corrected chi connectivity index (χ1v) is 7.97. The molecule has 3 rings (SSSR count). The average Bonchev–Trinajstić information content (AvgIpc) is 2.83. The van der Waals surface area contributed by atoms with Gasteiger partial charge in [0.05, 0.1) is 10.5 Å². The smallest absolute Gasteiger partial charge is 0.110 e. The monoisotopic (exact) mass is 290 g/mol. The van der Waals surface area contributed by atoms with E-state index in [0.29, 0.717) is 11.3 Å². The van der Waals surface area contributed by atoms with Gasteiger partial charge in [0.1, 0.15) is 11.3 Å². The lowest BCUT2D eigenvalue weighted by atomic mass is 9.70. The number of rotatable bonds is 1. The summed E-state index contributed by atoms with van der Waals surface area (Å²) in [6, 6.07) is 5.94. The van der Waals surface area contributed by atoms with Gasteiger partial charge in [0, 0.05) is 5.92 Å². The summed E-state index contributed by atoms with van der Waals surface area (Å²) in [6.07, 6.45) is 5.08. The van der Waals surface area contributed by atoms with E-state index in [0.717, 1.165) is 27.8 Å². The van der Waals surface area contributed by atoms with Crippen LogP contribution in [0.3, 0.4) is 0 Å². The number of fused-ring (bicyclic) bond motifs is 1. The Morgan fingerprint density at radius 1 is 1.15 bits per heavy atom. The van der Waals surface area contributed by atoms with Gasteiger partial charge in [-0.3, -0.25) is 0 Å². The number of imidazole rings is 1. The van der Waals surface area contributed by atoms with Gasteiger partial charge in [0.25, 0.3) is 0 Å². The minimum absolute atomic E-state index is 0.433. The predicted octanol–water partition coefficient (Wildman–Crippen LogP) is 5.54. The molecule has 20 heavy (non-hydrogen) atoms. The average molecular weight is 291 g/mol. The van der Waals surface area contributed by atoms with E-state index in [1.807, 2.05) is 12.1 Å². The summed E-state index contributed by atoms with van der Waals surface area (Å²) in [7, 11) is 0. The van der Waals surface area contributed by atoms with E-state index in [2.05, 4.69) is 31.8 Å². The van der Waals surface area contributed by atoms with Crippen LogP contribution < -0.4 is 0 Å². The van der Waals surface area contributed by atoms with Crippen LogP contribution in [0.2, 0.25) is 5.02 Å². The third-order valence-electron chi connectivity index (χ3n) is 4.82. The van der Waals surface area contributed by atoms with E-state index in [4.69, 9.17) is 16.6 Å². The molecule has 1 aliphatic rings. The van der Waals surface area contributed by atoms with Crippen molar-refractivity contribution in [3.05, 3.63) is 29.0 Å². The number of hydrogen-bond acceptors (Lipinski definition) is 1. The van der Waals surface area contributed by atoms with Crippen molar-refractivity contribution in [3.8, 4) is 0 Å². The first-order valence-electron chi connectivity index (χ1n) is 7.59. The van der Waals surface area contributed by atoms with E-state index in [1.165, 1.54) is 25.7 Å². The lowest BCUT2D eigenvalue weighted by molar-refractivity contribution is 0.167. The van der Waals surface area contributed by atoms with Crippen LogP contribution >= 0.6 is 11.6 Å². The largest absolute Gasteiger partial charge is 0.342 e. The topological polar surface area (TPSA) is 28.7 Å². The van der Waals surface area contributed by atoms with Crippen molar-refractivity contribution < 1.29 is 0 Å². The fourth-order valence-corrected chi connectivity index (χ4v) is 3.66. The van der Waals surface area contributed by atoms with E-state index in [-0.39, 0.29) is 0 Å². The molecule has 0 amide bonds. The van der Waals surface area contributed by atoms with E-state index in [9.17, 15) is 0 Å². The summed E-state index contributed by atoms with van der Waals surface area (Å²) < 4.78 is 0. The van der Waals surface area contributed by atoms with Gasteiger partial charge in [-0.1, -0.05) is 38.4 Å². The highest BCUT2D eigenvalue weighted by molar-refractivity contribution is 6.34. The molecular weight excluding hydrogens is 268 g/mol. The zero-order valence-electron chi connectivity index (χ0n) is 12.5. The van der Waals surface area contributed by atoms with Crippen LogP contribution in [0.1, 0.15) is 58.2 Å². The molecule has 108 valence electrons. The number of benzene rings is 1. The normalized spacial score (nSPS) is 24.2. The Balaban J connectivity index is 1.78. The predicted molar refractivity (Wildman–Crippen MR) is 85.3 cm³/mol. The number of H-pyrrole nitrogens is 1. The highest BCUT2D eigenvalue weighted by atomic mass is 35.5. The van der Waals surface area contributed by atoms with Crippen LogP contribution in [-0.2, 0) is 0 Å². The summed E-state index contributed by atoms with van der Waals surface area (Å²) in [4.78, 5) is 8.20. The molecular formula is C17H23ClN2. The van der Waals surface area contributed by atoms with Gasteiger partial charge in [-0.15, -0.1) is 0 Å². The Morgan fingerprint density at radius 3 is 2.45 bits per heavy atom. The van der Waals surface area contributed by atoms with Crippen LogP contribution in [0.25, 0.3) is 11.0 Å². The number of nitrogens with zero attached hydrogens (tertiary/aromatic N) is 1. The summed E-state index contributed by atoms with van der Waals surface area (Å²) >= 11 is 6.21. The summed E-state index contributed by atoms with van der Waals surface area (Å²) in [5, 5.41) is 0.744. The highest BCUT2D eigenvalue weighted by Gasteiger charge is 2.31. The minimum Gasteiger partial charge on any atom is -0.342 e. The van der Waals surface area contributed by atoms with Crippen molar-refractivity contribution in [2.45, 2.75) is 52.4 Å². The molecule has 0 atom stereocenters. The molecule has 2 aromatic rings. The van der Waals surface area contributed by atoms with Crippen LogP contribution in [-0.4, -0.2) is 9.97 Å². The Hall–Kier alpha value is -1.02. The van der Waals surface area contributed by atoms with Crippen molar-refractivity contribution in [2.24, 2.45) is 11.3 Å². The molecule has 0 aliphatic heterocycles. The van der Waals surface area contributed by atoms with Crippen molar-refractivity contribution in [3.63, 3.8) is 0 Å². The molecule has 2 nitrogen and oxygen atoms in total. The van der Waals surface area contributed by atoms with Crippen LogP contribution in [0.15, 0.2) is 18.2 Å². The second-order valence-corrected chi connectivity index (χ2v) is 7.58. The molecule has 1 fully saturated rings. The molecule has 1 aromatic carbocycles. The van der Waals surface area contributed by atoms with Crippen molar-refractivity contribution in [2.75, 3.05) is 0 Å². The van der Waals surface area contributed by atoms with Gasteiger partial charge in [-0.05, 0) is 49.1 Å². The Labute approximate surface area is 125 Å². The number of halogens is 1. The molecule has 0 radical (unpaired) electrons. The Bertz CT molecular complexity index is 601. The molecule has 0 bridgehead atoms. The van der Waals surface area contributed by atoms with Crippen molar-refractivity contribution in [1.82, 2.24) is 9.97 Å². The Kier molecular flexibility index (Phi) is 3.53. The molecule has 1 saturated carbocycles. The Morgan fingerprint density at radius 2 is 1.85 bits per heavy atom. The number of nitrogens with one attached hydrogen (secondary N) is 1. The lowest BCUT2D eigenvalue weighted by Crippen LogP contribution is -2.25. The third kappa shape index (κ3) is 2.58. The fraction of sp³-hybridized carbons (Fsp3) is 0.588. The highest BCUT2D eigenvalue weighted by Crippen LogP contribution is 2.42. The molecule has 0 spiro atoms. The van der Waals surface area contributed by atoms with Crippen LogP contribution in [0, 0.1) is 11.3 Å². The maximum absolute atomic E-state index is 6.21. The standard InChI is InChI=1S/C17H23ClN2/c1-17(2,3)12-9-7-11(8-10-12)16-19-14-6-4-5-13(18)15(14)20-16/h4-6,11-12H,7-10H2,1-3H3,(H,19,20). The van der Waals surface area contributed by atoms with Gasteiger partial charge in [-0.2, -0.15) is 0 Å². The van der Waals surface area contributed by atoms with E-state index in [1.54, 1.807) is 0 Å². The second kappa shape index (κ2) is 5.07. The second-order valence-electron chi connectivity index (χ2n) is 7.17. The van der Waals surface area contributed by atoms with Gasteiger partial charge >= 0.3 is 0 Å². The molecule has 1 heterocycles. The lowest BCUT2D eigenvalue weighted by Gasteiger charge is -2.36. The maximum atomic E-state index is 6.21. The van der Waals surface area contributed by atoms with Crippen LogP contribution in [0.5, 0.6) is 0 Å². The molecule has 0 saturated heterocycles. The summed E-state index contributed by atoms with van der Waals surface area (Å²) in [5.74, 6) is 2.53. The van der Waals surface area contributed by atoms with Crippen LogP contribution in [0.4, 0.5) is 0 Å². The van der Waals surface area contributed by atoms with Gasteiger partial charge < -0.3 is 4.98 Å². The zero-order chi connectivity index (χ0) is 14.3. The minimum atomic E-state index is 0.433. The SMILES string of the molecule is CC(C)(C)C1CCC(c2nc3c(Cl)cccc3[nH]2)CC1. The zero-order valence-corrected chi connectivity index (χ0v) is 13.3. The first kappa shape index (κ1) is 13.9. The number of aromatic amines is 1. The number of para-hydroxylation sites is 1. The maximum Gasteiger partial charge on any atom is 0.110 e. The first-order chi connectivity index (χ1) is 9.45. The number of aromatic nitrogens is 2. The van der Waals surface area contributed by atoms with Crippen molar-refractivity contribution in [1.29, 1.82) is 0 Å². The molecule has 1 N–H and O–H groups in total. The quantitative estimate of drug-likeness (QED) is 0.734. The van der Waals surface area contributed by atoms with Crippen molar-refractivity contribution >= 4 is 22.6 Å². The van der Waals surface area contributed by atoms with E-state index >= 15 is 0 Å². The van der Waals surface area contributed by atoms with E-state index < -0.39 is 0 Å². The summed E-state index contributed by atoms with van der Waals surface area (Å²) in [5.41, 5.74) is 2.41. The van der Waals surface area contributed by atoms with Gasteiger partial charge in [0.2, 0.25) is 0 Å². The molecule has 1 aliphatic carbocycles. The molecule has 1 aromatic heterocycles.